The summed E-state index contributed by atoms with van der Waals surface area (Å²) in [4.78, 5) is 8.33. The molecule has 1 unspecified atom stereocenters. The Labute approximate surface area is 163 Å². The molecule has 0 saturated heterocycles. The molecule has 0 aliphatic heterocycles. The van der Waals surface area contributed by atoms with Crippen LogP contribution in [0.1, 0.15) is 19.8 Å². The number of carboxylic acid groups (broad SMARTS) is 2. The normalized spacial score (nSPS) is 9.75. The summed E-state index contributed by atoms with van der Waals surface area (Å²) < 4.78 is 10.3. The zero-order chi connectivity index (χ0) is 13.5. The minimum atomic E-state index is -2.33. The second-order valence-corrected chi connectivity index (χ2v) is 3.13. The Hall–Kier alpha value is 1.07. The molecular weight excluding hydrogens is 294 g/mol. The fourth-order valence-electron chi connectivity index (χ4n) is 0.738. The first kappa shape index (κ1) is 32.9. The maximum atomic E-state index is 8.88. The topological polar surface area (TPSA) is 154 Å². The number of rotatable bonds is 9. The largest absolute Gasteiger partial charge is 1.00 e. The third-order valence-corrected chi connectivity index (χ3v) is 1.54. The van der Waals surface area contributed by atoms with Crippen molar-refractivity contribution in [1.82, 2.24) is 0 Å². The van der Waals surface area contributed by atoms with Gasteiger partial charge in [0.25, 0.3) is 0 Å². The van der Waals surface area contributed by atoms with E-state index in [1.54, 1.807) is 0 Å². The van der Waals surface area contributed by atoms with Crippen LogP contribution in [-0.4, -0.2) is 61.0 Å². The fraction of sp³-hybridized carbons (Fsp3) is 0.900. The number of carbonyl (C=O) groups is 1. The van der Waals surface area contributed by atoms with Gasteiger partial charge in [0.2, 0.25) is 0 Å². The van der Waals surface area contributed by atoms with Crippen molar-refractivity contribution >= 4 is 6.16 Å². The van der Waals surface area contributed by atoms with Crippen LogP contribution in [0.25, 0.3) is 0 Å². The predicted molar refractivity (Wildman–Crippen MR) is 58.6 cm³/mol. The first-order chi connectivity index (χ1) is 8.04. The molecule has 0 bridgehead atoms. The van der Waals surface area contributed by atoms with Gasteiger partial charge in [-0.25, -0.2) is 0 Å². The molecule has 0 saturated carbocycles. The zero-order valence-electron chi connectivity index (χ0n) is 12.5. The molecule has 0 aromatic heterocycles. The van der Waals surface area contributed by atoms with Crippen LogP contribution in [0, 0.1) is 0 Å². The van der Waals surface area contributed by atoms with Gasteiger partial charge in [0.1, 0.15) is 6.10 Å². The van der Waals surface area contributed by atoms with Crippen molar-refractivity contribution in [2.45, 2.75) is 25.9 Å². The smallest absolute Gasteiger partial charge is 0.652 e. The third kappa shape index (κ3) is 42.7. The number of unbranched alkanes of at least 4 members (excludes halogenated alkanes) is 1. The fourth-order valence-corrected chi connectivity index (χ4v) is 0.738. The molecule has 0 heterocycles. The van der Waals surface area contributed by atoms with Gasteiger partial charge < -0.3 is 40.2 Å². The van der Waals surface area contributed by atoms with Crippen molar-refractivity contribution in [3.8, 4) is 0 Å². The van der Waals surface area contributed by atoms with E-state index in [2.05, 4.69) is 6.92 Å². The second-order valence-electron chi connectivity index (χ2n) is 3.13. The summed E-state index contributed by atoms with van der Waals surface area (Å²) in [5.41, 5.74) is 0. The molecule has 0 aromatic carbocycles. The molecule has 20 heavy (non-hydrogen) atoms. The van der Waals surface area contributed by atoms with Crippen molar-refractivity contribution < 1.29 is 99.3 Å². The first-order valence-corrected chi connectivity index (χ1v) is 5.37. The standard InChI is InChI=1S/C9H20O4.CH2O3.2Na.H2O/c1-2-3-4-12-5-6-13-8-9(11)7-10;2-1(3)4;;;/h9-11H,2-8H2,1H3;(H2,2,3,4);;;1H2/q;;2*+1;/p-2. The van der Waals surface area contributed by atoms with Crippen LogP contribution in [0.2, 0.25) is 0 Å². The van der Waals surface area contributed by atoms with Gasteiger partial charge in [-0.05, 0) is 12.6 Å². The molecule has 0 rings (SSSR count). The molecule has 0 aliphatic carbocycles. The van der Waals surface area contributed by atoms with E-state index in [0.29, 0.717) is 13.2 Å². The Balaban J connectivity index is -0.0000000951. The molecule has 112 valence electrons. The molecule has 0 aliphatic rings. The number of hydrogen-bond donors (Lipinski definition) is 2. The molecule has 8 nitrogen and oxygen atoms in total. The van der Waals surface area contributed by atoms with E-state index in [1.807, 2.05) is 0 Å². The van der Waals surface area contributed by atoms with E-state index in [1.165, 1.54) is 0 Å². The van der Waals surface area contributed by atoms with Gasteiger partial charge in [0.15, 0.2) is 0 Å². The number of carbonyl (C=O) groups excluding carboxylic acids is 1. The minimum absolute atomic E-state index is 0. The average molecular weight is 316 g/mol. The van der Waals surface area contributed by atoms with Gasteiger partial charge in [-0.15, -0.1) is 0 Å². The maximum absolute atomic E-state index is 8.88. The summed E-state index contributed by atoms with van der Waals surface area (Å²) in [5, 5.41) is 34.0. The second kappa shape index (κ2) is 28.3. The van der Waals surface area contributed by atoms with Crippen LogP contribution in [0.4, 0.5) is 4.79 Å². The van der Waals surface area contributed by atoms with Crippen LogP contribution >= 0.6 is 0 Å². The van der Waals surface area contributed by atoms with Crippen molar-refractivity contribution in [2.75, 3.05) is 33.0 Å². The maximum Gasteiger partial charge on any atom is 1.00 e. The Morgan fingerprint density at radius 3 is 2.00 bits per heavy atom. The summed E-state index contributed by atoms with van der Waals surface area (Å²) in [6.45, 7) is 3.82. The summed E-state index contributed by atoms with van der Waals surface area (Å²) in [6, 6.07) is 0. The Morgan fingerprint density at radius 1 is 1.15 bits per heavy atom. The van der Waals surface area contributed by atoms with E-state index in [0.717, 1.165) is 19.4 Å². The number of aliphatic hydroxyl groups excluding tert-OH is 2. The minimum Gasteiger partial charge on any atom is -0.652 e. The van der Waals surface area contributed by atoms with Gasteiger partial charge in [0, 0.05) is 6.61 Å². The zero-order valence-corrected chi connectivity index (χ0v) is 16.5. The molecule has 0 fully saturated rings. The van der Waals surface area contributed by atoms with E-state index in [-0.39, 0.29) is 77.8 Å². The van der Waals surface area contributed by atoms with Crippen LogP contribution in [0.15, 0.2) is 0 Å². The molecule has 0 aromatic rings. The van der Waals surface area contributed by atoms with E-state index >= 15 is 0 Å². The quantitative estimate of drug-likeness (QED) is 0.316. The summed E-state index contributed by atoms with van der Waals surface area (Å²) in [5.74, 6) is 0. The molecular formula is C10H22Na2O8. The molecule has 0 amide bonds. The predicted octanol–water partition coefficient (Wildman–Crippen LogP) is -9.09. The number of aliphatic hydroxyl groups is 2. The Kier molecular flexibility index (Phi) is 46.4. The van der Waals surface area contributed by atoms with Gasteiger partial charge in [-0.3, -0.25) is 0 Å². The van der Waals surface area contributed by atoms with E-state index < -0.39 is 12.3 Å². The number of ether oxygens (including phenoxy) is 2. The summed E-state index contributed by atoms with van der Waals surface area (Å²) >= 11 is 0. The molecule has 0 spiro atoms. The van der Waals surface area contributed by atoms with Gasteiger partial charge in [0.05, 0.1) is 26.4 Å². The van der Waals surface area contributed by atoms with Crippen molar-refractivity contribution in [1.29, 1.82) is 0 Å². The van der Waals surface area contributed by atoms with Gasteiger partial charge >= 0.3 is 59.1 Å². The van der Waals surface area contributed by atoms with Crippen LogP contribution in [-0.2, 0) is 9.47 Å². The molecule has 10 heteroatoms. The molecule has 1 atom stereocenters. The van der Waals surface area contributed by atoms with E-state index in [4.69, 9.17) is 34.7 Å². The van der Waals surface area contributed by atoms with Gasteiger partial charge in [-0.2, -0.15) is 0 Å². The van der Waals surface area contributed by atoms with Crippen molar-refractivity contribution in [3.05, 3.63) is 0 Å². The van der Waals surface area contributed by atoms with Crippen LogP contribution in [0.3, 0.4) is 0 Å². The Morgan fingerprint density at radius 2 is 1.60 bits per heavy atom. The summed E-state index contributed by atoms with van der Waals surface area (Å²) in [7, 11) is 0. The van der Waals surface area contributed by atoms with Crippen molar-refractivity contribution in [2.24, 2.45) is 0 Å². The summed E-state index contributed by atoms with van der Waals surface area (Å²) in [6.07, 6.45) is -0.903. The van der Waals surface area contributed by atoms with Crippen molar-refractivity contribution in [3.63, 3.8) is 0 Å². The average Bonchev–Trinajstić information content (AvgIpc) is 2.26. The van der Waals surface area contributed by atoms with Gasteiger partial charge in [-0.1, -0.05) is 13.3 Å². The SMILES string of the molecule is CCCCOCCOCC(O)CO.O.O=C([O-])[O-].[Na+].[Na+]. The monoisotopic (exact) mass is 316 g/mol. The molecule has 0 radical (unpaired) electrons. The van der Waals surface area contributed by atoms with E-state index in [9.17, 15) is 0 Å². The van der Waals surface area contributed by atoms with Crippen LogP contribution < -0.4 is 69.3 Å². The van der Waals surface area contributed by atoms with Crippen LogP contribution in [0.5, 0.6) is 0 Å². The first-order valence-electron chi connectivity index (χ1n) is 5.37. The number of hydrogen-bond acceptors (Lipinski definition) is 7. The Bertz CT molecular complexity index is 169. The molecule has 4 N–H and O–H groups in total. The third-order valence-electron chi connectivity index (χ3n) is 1.54.